The molecule has 0 fully saturated rings. The van der Waals surface area contributed by atoms with Crippen molar-refractivity contribution in [1.29, 1.82) is 0 Å². The van der Waals surface area contributed by atoms with Crippen LogP contribution in [0.4, 0.5) is 5.69 Å². The zero-order chi connectivity index (χ0) is 13.0. The van der Waals surface area contributed by atoms with Crippen molar-refractivity contribution < 1.29 is 4.79 Å². The van der Waals surface area contributed by atoms with Gasteiger partial charge in [-0.2, -0.15) is 0 Å². The first kappa shape index (κ1) is 12.5. The van der Waals surface area contributed by atoms with E-state index in [0.29, 0.717) is 12.2 Å². The van der Waals surface area contributed by atoms with Crippen molar-refractivity contribution in [2.75, 3.05) is 12.4 Å². The third-order valence-corrected chi connectivity index (χ3v) is 3.18. The van der Waals surface area contributed by atoms with Crippen LogP contribution in [0.5, 0.6) is 0 Å². The first-order valence-corrected chi connectivity index (χ1v) is 6.40. The minimum atomic E-state index is -0.192. The van der Waals surface area contributed by atoms with Crippen LogP contribution in [0.2, 0.25) is 0 Å². The molecule has 2 aromatic rings. The quantitative estimate of drug-likeness (QED) is 0.882. The fourth-order valence-electron chi connectivity index (χ4n) is 1.47. The summed E-state index contributed by atoms with van der Waals surface area (Å²) in [5.74, 6) is -0.192. The Hall–Kier alpha value is -1.95. The number of carbonyl (C=O) groups is 1. The highest BCUT2D eigenvalue weighted by molar-refractivity contribution is 7.09. The minimum Gasteiger partial charge on any atom is -0.379 e. The van der Waals surface area contributed by atoms with E-state index in [0.717, 1.165) is 16.4 Å². The van der Waals surface area contributed by atoms with Gasteiger partial charge in [0.25, 0.3) is 5.91 Å². The van der Waals surface area contributed by atoms with Crippen LogP contribution in [0.3, 0.4) is 0 Å². The number of aryl methyl sites for hydroxylation is 1. The van der Waals surface area contributed by atoms with Crippen molar-refractivity contribution >= 4 is 22.9 Å². The normalized spacial score (nSPS) is 10.1. The van der Waals surface area contributed by atoms with Crippen LogP contribution in [0, 0.1) is 6.92 Å². The van der Waals surface area contributed by atoms with Crippen LogP contribution in [0.1, 0.15) is 21.2 Å². The van der Waals surface area contributed by atoms with Gasteiger partial charge in [0.2, 0.25) is 0 Å². The second-order valence-electron chi connectivity index (χ2n) is 3.72. The van der Waals surface area contributed by atoms with E-state index in [9.17, 15) is 4.79 Å². The molecule has 2 rings (SSSR count). The van der Waals surface area contributed by atoms with Gasteiger partial charge in [-0.15, -0.1) is 11.3 Å². The average molecular weight is 262 g/mol. The highest BCUT2D eigenvalue weighted by Crippen LogP contribution is 2.12. The Morgan fingerprint density at radius 1 is 1.50 bits per heavy atom. The molecule has 0 aliphatic carbocycles. The third-order valence-electron chi connectivity index (χ3n) is 2.36. The van der Waals surface area contributed by atoms with E-state index in [1.165, 1.54) is 0 Å². The van der Waals surface area contributed by atoms with E-state index in [-0.39, 0.29) is 5.91 Å². The zero-order valence-electron chi connectivity index (χ0n) is 10.2. The van der Waals surface area contributed by atoms with Gasteiger partial charge >= 0.3 is 0 Å². The molecule has 0 bridgehead atoms. The molecule has 0 spiro atoms. The highest BCUT2D eigenvalue weighted by atomic mass is 32.1. The predicted molar refractivity (Wildman–Crippen MR) is 71.8 cm³/mol. The van der Waals surface area contributed by atoms with E-state index >= 15 is 0 Å². The lowest BCUT2D eigenvalue weighted by molar-refractivity contribution is 0.0958. The molecule has 0 atom stereocenters. The number of aromatic nitrogens is 2. The fraction of sp³-hybridized carbons (Fsp3) is 0.250. The Labute approximate surface area is 109 Å². The number of hydrogen-bond acceptors (Lipinski definition) is 5. The topological polar surface area (TPSA) is 66.9 Å². The molecule has 18 heavy (non-hydrogen) atoms. The maximum Gasteiger partial charge on any atom is 0.269 e. The summed E-state index contributed by atoms with van der Waals surface area (Å²) >= 11 is 1.62. The third kappa shape index (κ3) is 3.04. The van der Waals surface area contributed by atoms with Crippen molar-refractivity contribution in [3.8, 4) is 0 Å². The van der Waals surface area contributed by atoms with E-state index in [1.807, 2.05) is 18.4 Å². The second kappa shape index (κ2) is 5.59. The van der Waals surface area contributed by atoms with Crippen LogP contribution >= 0.6 is 11.3 Å². The summed E-state index contributed by atoms with van der Waals surface area (Å²) in [7, 11) is 1.59. The molecule has 2 aromatic heterocycles. The number of rotatable bonds is 4. The van der Waals surface area contributed by atoms with Gasteiger partial charge in [0.15, 0.2) is 0 Å². The molecule has 0 aliphatic rings. The molecule has 0 radical (unpaired) electrons. The minimum absolute atomic E-state index is 0.192. The van der Waals surface area contributed by atoms with Gasteiger partial charge in [0.05, 0.1) is 17.2 Å². The SMILES string of the molecule is CNC(=O)c1cc(NCc2csc(C)n2)ccn1. The standard InChI is InChI=1S/C12H14N4OS/c1-8-16-10(7-18-8)6-15-9-3-4-14-11(5-9)12(17)13-2/h3-5,7H,6H2,1-2H3,(H,13,17)(H,14,15). The van der Waals surface area contributed by atoms with Gasteiger partial charge in [0.1, 0.15) is 5.69 Å². The first-order valence-electron chi connectivity index (χ1n) is 5.52. The molecule has 0 aromatic carbocycles. The summed E-state index contributed by atoms with van der Waals surface area (Å²) < 4.78 is 0. The first-order chi connectivity index (χ1) is 8.69. The Kier molecular flexibility index (Phi) is 3.88. The Bertz CT molecular complexity index is 553. The summed E-state index contributed by atoms with van der Waals surface area (Å²) in [5, 5.41) is 8.83. The molecule has 0 saturated heterocycles. The summed E-state index contributed by atoms with van der Waals surface area (Å²) in [6.07, 6.45) is 1.61. The van der Waals surface area contributed by atoms with Crippen LogP contribution < -0.4 is 10.6 Å². The Balaban J connectivity index is 2.03. The predicted octanol–water partition coefficient (Wildman–Crippen LogP) is 1.82. The molecule has 94 valence electrons. The lowest BCUT2D eigenvalue weighted by Gasteiger charge is -2.05. The maximum absolute atomic E-state index is 11.4. The highest BCUT2D eigenvalue weighted by Gasteiger charge is 2.05. The van der Waals surface area contributed by atoms with Crippen LogP contribution in [0.15, 0.2) is 23.7 Å². The monoisotopic (exact) mass is 262 g/mol. The summed E-state index contributed by atoms with van der Waals surface area (Å²) in [6.45, 7) is 2.62. The molecule has 2 heterocycles. The number of anilines is 1. The molecular weight excluding hydrogens is 248 g/mol. The fourth-order valence-corrected chi connectivity index (χ4v) is 2.09. The average Bonchev–Trinajstić information content (AvgIpc) is 2.81. The summed E-state index contributed by atoms with van der Waals surface area (Å²) in [5.41, 5.74) is 2.25. The molecule has 0 saturated carbocycles. The van der Waals surface area contributed by atoms with Gasteiger partial charge < -0.3 is 10.6 Å². The molecule has 2 N–H and O–H groups in total. The molecule has 5 nitrogen and oxygen atoms in total. The lowest BCUT2D eigenvalue weighted by Crippen LogP contribution is -2.19. The Morgan fingerprint density at radius 3 is 3.00 bits per heavy atom. The van der Waals surface area contributed by atoms with E-state index in [4.69, 9.17) is 0 Å². The van der Waals surface area contributed by atoms with Crippen LogP contribution in [-0.4, -0.2) is 22.9 Å². The molecule has 6 heteroatoms. The number of hydrogen-bond donors (Lipinski definition) is 2. The molecule has 0 aliphatic heterocycles. The van der Waals surface area contributed by atoms with Crippen LogP contribution in [0.25, 0.3) is 0 Å². The summed E-state index contributed by atoms with van der Waals surface area (Å²) in [6, 6.07) is 3.55. The number of nitrogens with one attached hydrogen (secondary N) is 2. The summed E-state index contributed by atoms with van der Waals surface area (Å²) in [4.78, 5) is 19.8. The van der Waals surface area contributed by atoms with E-state index in [1.54, 1.807) is 30.6 Å². The van der Waals surface area contributed by atoms with Gasteiger partial charge in [-0.05, 0) is 19.1 Å². The lowest BCUT2D eigenvalue weighted by atomic mass is 10.3. The zero-order valence-corrected chi connectivity index (χ0v) is 11.0. The second-order valence-corrected chi connectivity index (χ2v) is 4.78. The van der Waals surface area contributed by atoms with Crippen molar-refractivity contribution in [3.63, 3.8) is 0 Å². The van der Waals surface area contributed by atoms with Gasteiger partial charge in [0, 0.05) is 24.3 Å². The van der Waals surface area contributed by atoms with Gasteiger partial charge in [-0.1, -0.05) is 0 Å². The van der Waals surface area contributed by atoms with Crippen LogP contribution in [-0.2, 0) is 6.54 Å². The number of pyridine rings is 1. The van der Waals surface area contributed by atoms with Gasteiger partial charge in [-0.3, -0.25) is 9.78 Å². The number of amides is 1. The largest absolute Gasteiger partial charge is 0.379 e. The van der Waals surface area contributed by atoms with Crippen molar-refractivity contribution in [1.82, 2.24) is 15.3 Å². The van der Waals surface area contributed by atoms with E-state index in [2.05, 4.69) is 20.6 Å². The maximum atomic E-state index is 11.4. The smallest absolute Gasteiger partial charge is 0.269 e. The van der Waals surface area contributed by atoms with E-state index < -0.39 is 0 Å². The number of nitrogens with zero attached hydrogens (tertiary/aromatic N) is 2. The number of carbonyl (C=O) groups excluding carboxylic acids is 1. The van der Waals surface area contributed by atoms with Crippen molar-refractivity contribution in [2.24, 2.45) is 0 Å². The van der Waals surface area contributed by atoms with Crippen molar-refractivity contribution in [2.45, 2.75) is 13.5 Å². The molecular formula is C12H14N4OS. The number of thiazole rings is 1. The van der Waals surface area contributed by atoms with Crippen molar-refractivity contribution in [3.05, 3.63) is 40.1 Å². The molecule has 1 amide bonds. The van der Waals surface area contributed by atoms with Gasteiger partial charge in [-0.25, -0.2) is 4.98 Å². The molecule has 0 unspecified atom stereocenters. The Morgan fingerprint density at radius 2 is 2.33 bits per heavy atom.